The zero-order valence-corrected chi connectivity index (χ0v) is 11.1. The van der Waals surface area contributed by atoms with Crippen LogP contribution in [-0.2, 0) is 6.42 Å². The Balaban J connectivity index is 2.83. The number of amides is 1. The molecule has 0 N–H and O–H groups in total. The maximum Gasteiger partial charge on any atom is 0.406 e. The molecule has 1 aromatic rings. The first-order chi connectivity index (χ1) is 8.87. The van der Waals surface area contributed by atoms with Gasteiger partial charge in [0.2, 0.25) is 0 Å². The standard InChI is InChI=1S/C12H13F3N2OS/c1-3-5-10-16-7-9(19-10)11(18)17(6-4-2)8-12(13,14)15/h2,7H,3,5-6,8H2,1H3. The first-order valence-corrected chi connectivity index (χ1v) is 6.43. The van der Waals surface area contributed by atoms with Crippen molar-refractivity contribution >= 4 is 17.2 Å². The van der Waals surface area contributed by atoms with Gasteiger partial charge in [0, 0.05) is 0 Å². The van der Waals surface area contributed by atoms with E-state index >= 15 is 0 Å². The number of aromatic nitrogens is 1. The lowest BCUT2D eigenvalue weighted by Crippen LogP contribution is -2.38. The first-order valence-electron chi connectivity index (χ1n) is 5.61. The summed E-state index contributed by atoms with van der Waals surface area (Å²) in [4.78, 5) is 16.7. The smallest absolute Gasteiger partial charge is 0.318 e. The molecule has 1 heterocycles. The van der Waals surface area contributed by atoms with E-state index in [1.165, 1.54) is 6.20 Å². The molecule has 0 unspecified atom stereocenters. The van der Waals surface area contributed by atoms with Crippen LogP contribution in [0, 0.1) is 12.3 Å². The fourth-order valence-corrected chi connectivity index (χ4v) is 2.41. The summed E-state index contributed by atoms with van der Waals surface area (Å²) in [7, 11) is 0. The summed E-state index contributed by atoms with van der Waals surface area (Å²) in [5.74, 6) is 1.34. The van der Waals surface area contributed by atoms with Crippen LogP contribution in [0.5, 0.6) is 0 Å². The molecule has 0 aliphatic heterocycles. The molecule has 1 rings (SSSR count). The van der Waals surface area contributed by atoms with Gasteiger partial charge in [-0.05, 0) is 12.8 Å². The molecule has 3 nitrogen and oxygen atoms in total. The number of thiazole rings is 1. The van der Waals surface area contributed by atoms with Crippen LogP contribution in [-0.4, -0.2) is 35.1 Å². The van der Waals surface area contributed by atoms with Crippen LogP contribution in [0.1, 0.15) is 28.0 Å². The maximum atomic E-state index is 12.4. The lowest BCUT2D eigenvalue weighted by atomic mass is 10.3. The summed E-state index contributed by atoms with van der Waals surface area (Å²) in [6.07, 6.45) is 3.39. The molecule has 1 amide bonds. The van der Waals surface area contributed by atoms with Gasteiger partial charge in [0.25, 0.3) is 5.91 Å². The van der Waals surface area contributed by atoms with Crippen molar-refractivity contribution < 1.29 is 18.0 Å². The highest BCUT2D eigenvalue weighted by Crippen LogP contribution is 2.21. The zero-order chi connectivity index (χ0) is 14.5. The predicted octanol–water partition coefficient (Wildman–Crippen LogP) is 2.73. The Morgan fingerprint density at radius 3 is 2.79 bits per heavy atom. The number of aryl methyl sites for hydroxylation is 1. The van der Waals surface area contributed by atoms with Crippen LogP contribution in [0.25, 0.3) is 0 Å². The number of hydrogen-bond acceptors (Lipinski definition) is 3. The van der Waals surface area contributed by atoms with Crippen LogP contribution in [0.3, 0.4) is 0 Å². The van der Waals surface area contributed by atoms with E-state index in [0.29, 0.717) is 11.3 Å². The predicted molar refractivity (Wildman–Crippen MR) is 66.9 cm³/mol. The first kappa shape index (κ1) is 15.5. The molecule has 0 radical (unpaired) electrons. The fraction of sp³-hybridized carbons (Fsp3) is 0.500. The molecule has 0 fully saturated rings. The molecular formula is C12H13F3N2OS. The van der Waals surface area contributed by atoms with E-state index in [1.54, 1.807) is 0 Å². The molecule has 0 aliphatic rings. The van der Waals surface area contributed by atoms with Gasteiger partial charge in [0.15, 0.2) is 0 Å². The molecule has 0 aliphatic carbocycles. The summed E-state index contributed by atoms with van der Waals surface area (Å²) >= 11 is 1.11. The zero-order valence-electron chi connectivity index (χ0n) is 10.3. The number of terminal acetylenes is 1. The van der Waals surface area contributed by atoms with Crippen molar-refractivity contribution in [2.24, 2.45) is 0 Å². The number of nitrogens with zero attached hydrogens (tertiary/aromatic N) is 2. The van der Waals surface area contributed by atoms with Crippen molar-refractivity contribution in [3.05, 3.63) is 16.1 Å². The lowest BCUT2D eigenvalue weighted by Gasteiger charge is -2.20. The van der Waals surface area contributed by atoms with E-state index in [0.717, 1.165) is 22.8 Å². The number of carbonyl (C=O) groups is 1. The second kappa shape index (κ2) is 6.57. The molecule has 0 atom stereocenters. The van der Waals surface area contributed by atoms with Crippen LogP contribution in [0.2, 0.25) is 0 Å². The second-order valence-corrected chi connectivity index (χ2v) is 4.96. The number of rotatable bonds is 5. The highest BCUT2D eigenvalue weighted by Gasteiger charge is 2.33. The highest BCUT2D eigenvalue weighted by molar-refractivity contribution is 7.13. The Labute approximate surface area is 113 Å². The van der Waals surface area contributed by atoms with Gasteiger partial charge in [-0.2, -0.15) is 13.2 Å². The number of alkyl halides is 3. The summed E-state index contributed by atoms with van der Waals surface area (Å²) in [6, 6.07) is 0. The monoisotopic (exact) mass is 290 g/mol. The SMILES string of the molecule is C#CCN(CC(F)(F)F)C(=O)c1cnc(CCC)s1. The minimum atomic E-state index is -4.47. The van der Waals surface area contributed by atoms with E-state index in [4.69, 9.17) is 6.42 Å². The fourth-order valence-electron chi connectivity index (χ4n) is 1.42. The van der Waals surface area contributed by atoms with Crippen LogP contribution in [0.15, 0.2) is 6.20 Å². The van der Waals surface area contributed by atoms with Gasteiger partial charge in [-0.25, -0.2) is 4.98 Å². The third-order valence-corrected chi connectivity index (χ3v) is 3.21. The van der Waals surface area contributed by atoms with E-state index < -0.39 is 18.6 Å². The Hall–Kier alpha value is -1.55. The Bertz CT molecular complexity index is 476. The molecule has 19 heavy (non-hydrogen) atoms. The van der Waals surface area contributed by atoms with Crippen molar-refractivity contribution in [2.45, 2.75) is 25.9 Å². The maximum absolute atomic E-state index is 12.4. The van der Waals surface area contributed by atoms with Crippen molar-refractivity contribution in [3.63, 3.8) is 0 Å². The summed E-state index contributed by atoms with van der Waals surface area (Å²) < 4.78 is 37.1. The topological polar surface area (TPSA) is 33.2 Å². The van der Waals surface area contributed by atoms with Crippen LogP contribution in [0.4, 0.5) is 13.2 Å². The van der Waals surface area contributed by atoms with E-state index in [1.807, 2.05) is 6.92 Å². The number of hydrogen-bond donors (Lipinski definition) is 0. The highest BCUT2D eigenvalue weighted by atomic mass is 32.1. The summed E-state index contributed by atoms with van der Waals surface area (Å²) in [6.45, 7) is 0.230. The lowest BCUT2D eigenvalue weighted by molar-refractivity contribution is -0.139. The summed E-state index contributed by atoms with van der Waals surface area (Å²) in [5, 5.41) is 0.735. The van der Waals surface area contributed by atoms with Crippen molar-refractivity contribution in [1.82, 2.24) is 9.88 Å². The van der Waals surface area contributed by atoms with Gasteiger partial charge in [-0.15, -0.1) is 17.8 Å². The number of carbonyl (C=O) groups excluding carboxylic acids is 1. The molecule has 104 valence electrons. The van der Waals surface area contributed by atoms with Gasteiger partial charge in [-0.1, -0.05) is 12.8 Å². The van der Waals surface area contributed by atoms with Crippen molar-refractivity contribution in [2.75, 3.05) is 13.1 Å². The van der Waals surface area contributed by atoms with Gasteiger partial charge in [0.05, 0.1) is 17.7 Å². The van der Waals surface area contributed by atoms with Gasteiger partial charge in [-0.3, -0.25) is 4.79 Å². The molecular weight excluding hydrogens is 277 g/mol. The third kappa shape index (κ3) is 4.91. The van der Waals surface area contributed by atoms with E-state index in [-0.39, 0.29) is 11.4 Å². The quantitative estimate of drug-likeness (QED) is 0.781. The summed E-state index contributed by atoms with van der Waals surface area (Å²) in [5.41, 5.74) is 0. The van der Waals surface area contributed by atoms with Gasteiger partial charge < -0.3 is 4.90 Å². The molecule has 0 spiro atoms. The molecule has 1 aromatic heterocycles. The van der Waals surface area contributed by atoms with Crippen molar-refractivity contribution in [1.29, 1.82) is 0 Å². The van der Waals surface area contributed by atoms with E-state index in [9.17, 15) is 18.0 Å². The van der Waals surface area contributed by atoms with Crippen molar-refractivity contribution in [3.8, 4) is 12.3 Å². The normalized spacial score (nSPS) is 11.1. The average Bonchev–Trinajstić information content (AvgIpc) is 2.75. The molecule has 0 saturated carbocycles. The number of halogens is 3. The average molecular weight is 290 g/mol. The Morgan fingerprint density at radius 2 is 2.26 bits per heavy atom. The third-order valence-electron chi connectivity index (χ3n) is 2.17. The molecule has 0 bridgehead atoms. The minimum Gasteiger partial charge on any atom is -0.318 e. The second-order valence-electron chi connectivity index (χ2n) is 3.85. The van der Waals surface area contributed by atoms with E-state index in [2.05, 4.69) is 10.9 Å². The largest absolute Gasteiger partial charge is 0.406 e. The van der Waals surface area contributed by atoms with Gasteiger partial charge >= 0.3 is 6.18 Å². The Morgan fingerprint density at radius 1 is 1.58 bits per heavy atom. The van der Waals surface area contributed by atoms with Gasteiger partial charge in [0.1, 0.15) is 11.4 Å². The molecule has 0 saturated heterocycles. The van der Waals surface area contributed by atoms with Crippen LogP contribution >= 0.6 is 11.3 Å². The van der Waals surface area contributed by atoms with Crippen LogP contribution < -0.4 is 0 Å². The Kier molecular flexibility index (Phi) is 5.36. The molecule has 0 aromatic carbocycles. The minimum absolute atomic E-state index is 0.183. The molecule has 7 heteroatoms.